The van der Waals surface area contributed by atoms with Gasteiger partial charge in [0.2, 0.25) is 11.8 Å². The number of aryl methyl sites for hydroxylation is 1. The largest absolute Gasteiger partial charge is 0.441 e. The summed E-state index contributed by atoms with van der Waals surface area (Å²) in [4.78, 5) is 24.6. The van der Waals surface area contributed by atoms with Gasteiger partial charge in [-0.2, -0.15) is 13.2 Å². The summed E-state index contributed by atoms with van der Waals surface area (Å²) in [5.41, 5.74) is -0.0226. The van der Waals surface area contributed by atoms with Gasteiger partial charge in [-0.25, -0.2) is 9.97 Å². The Kier molecular flexibility index (Phi) is 6.13. The van der Waals surface area contributed by atoms with Gasteiger partial charge in [0.25, 0.3) is 0 Å². The van der Waals surface area contributed by atoms with Crippen molar-refractivity contribution in [3.05, 3.63) is 29.0 Å². The molecular formula is C21H24F3N5O2S. The normalized spacial score (nSPS) is 15.7. The molecule has 1 amide bonds. The van der Waals surface area contributed by atoms with Crippen molar-refractivity contribution in [2.75, 3.05) is 37.6 Å². The number of rotatable bonds is 5. The average Bonchev–Trinajstić information content (AvgIpc) is 3.32. The number of nitrogens with one attached hydrogen (secondary N) is 1. The summed E-state index contributed by atoms with van der Waals surface area (Å²) in [5, 5.41) is 4.46. The molecule has 3 aromatic rings. The third-order valence-electron chi connectivity index (χ3n) is 5.18. The molecule has 1 aliphatic heterocycles. The first-order valence-electron chi connectivity index (χ1n) is 10.3. The Hall–Kier alpha value is -2.66. The maximum absolute atomic E-state index is 13.9. The Balaban J connectivity index is 1.61. The standard InChI is InChI=1S/C21H24F3N5O2S/c1-12(2)26-17(30)10-28-4-6-29(7-5-28)16-8-15(21(22,23)24)19-18(27-16)14(11-32-19)20-25-9-13(3)31-20/h8-9,11-12H,4-7,10H2,1-3H3,(H,26,30). The van der Waals surface area contributed by atoms with Gasteiger partial charge in [-0.15, -0.1) is 11.3 Å². The van der Waals surface area contributed by atoms with Gasteiger partial charge in [0, 0.05) is 37.6 Å². The predicted molar refractivity (Wildman–Crippen MR) is 117 cm³/mol. The van der Waals surface area contributed by atoms with E-state index in [0.29, 0.717) is 37.5 Å². The zero-order chi connectivity index (χ0) is 23.0. The summed E-state index contributed by atoms with van der Waals surface area (Å²) in [7, 11) is 0. The molecule has 0 bridgehead atoms. The molecule has 1 N–H and O–H groups in total. The molecule has 0 aromatic carbocycles. The number of aromatic nitrogens is 2. The van der Waals surface area contributed by atoms with E-state index in [9.17, 15) is 18.0 Å². The highest BCUT2D eigenvalue weighted by Crippen LogP contribution is 2.42. The summed E-state index contributed by atoms with van der Waals surface area (Å²) < 4.78 is 47.2. The lowest BCUT2D eigenvalue weighted by Crippen LogP contribution is -2.50. The Morgan fingerprint density at radius 3 is 2.59 bits per heavy atom. The summed E-state index contributed by atoms with van der Waals surface area (Å²) in [6, 6.07) is 1.18. The number of halogens is 3. The Morgan fingerprint density at radius 2 is 2.00 bits per heavy atom. The van der Waals surface area contributed by atoms with Crippen LogP contribution in [0.15, 0.2) is 22.1 Å². The number of amides is 1. The van der Waals surface area contributed by atoms with Crippen molar-refractivity contribution in [2.24, 2.45) is 0 Å². The number of pyridine rings is 1. The highest BCUT2D eigenvalue weighted by atomic mass is 32.1. The van der Waals surface area contributed by atoms with Crippen LogP contribution in [0.1, 0.15) is 25.2 Å². The lowest BCUT2D eigenvalue weighted by molar-refractivity contribution is -0.136. The van der Waals surface area contributed by atoms with E-state index < -0.39 is 11.7 Å². The monoisotopic (exact) mass is 467 g/mol. The molecule has 1 aliphatic rings. The van der Waals surface area contributed by atoms with Gasteiger partial charge in [-0.05, 0) is 26.8 Å². The molecule has 0 spiro atoms. The lowest BCUT2D eigenvalue weighted by Gasteiger charge is -2.35. The van der Waals surface area contributed by atoms with Crippen LogP contribution in [0.2, 0.25) is 0 Å². The van der Waals surface area contributed by atoms with Crippen LogP contribution in [0.5, 0.6) is 0 Å². The van der Waals surface area contributed by atoms with Crippen LogP contribution in [0.3, 0.4) is 0 Å². The number of nitrogens with zero attached hydrogens (tertiary/aromatic N) is 4. The minimum atomic E-state index is -4.51. The van der Waals surface area contributed by atoms with Crippen LogP contribution in [-0.2, 0) is 11.0 Å². The van der Waals surface area contributed by atoms with Crippen LogP contribution in [0.25, 0.3) is 21.7 Å². The molecule has 3 aromatic heterocycles. The fourth-order valence-corrected chi connectivity index (χ4v) is 4.72. The highest BCUT2D eigenvalue weighted by molar-refractivity contribution is 7.17. The molecule has 32 heavy (non-hydrogen) atoms. The Labute approximate surface area is 187 Å². The van der Waals surface area contributed by atoms with Crippen molar-refractivity contribution in [1.29, 1.82) is 0 Å². The molecule has 4 rings (SSSR count). The molecule has 1 saturated heterocycles. The summed E-state index contributed by atoms with van der Waals surface area (Å²) >= 11 is 0.985. The van der Waals surface area contributed by atoms with Crippen molar-refractivity contribution in [2.45, 2.75) is 33.0 Å². The van der Waals surface area contributed by atoms with E-state index in [-0.39, 0.29) is 40.4 Å². The summed E-state index contributed by atoms with van der Waals surface area (Å²) in [6.45, 7) is 7.85. The smallest absolute Gasteiger partial charge is 0.417 e. The van der Waals surface area contributed by atoms with Gasteiger partial charge >= 0.3 is 6.18 Å². The third-order valence-corrected chi connectivity index (χ3v) is 6.18. The molecule has 0 saturated carbocycles. The minimum Gasteiger partial charge on any atom is -0.441 e. The van der Waals surface area contributed by atoms with Crippen molar-refractivity contribution >= 4 is 33.3 Å². The van der Waals surface area contributed by atoms with Gasteiger partial charge in [-0.3, -0.25) is 9.69 Å². The number of piperazine rings is 1. The maximum atomic E-state index is 13.9. The zero-order valence-corrected chi connectivity index (χ0v) is 18.8. The SMILES string of the molecule is Cc1cnc(-c2csc3c(C(F)(F)F)cc(N4CCN(CC(=O)NC(C)C)CC4)nc23)o1. The molecule has 0 radical (unpaired) electrons. The van der Waals surface area contributed by atoms with Gasteiger partial charge in [0.15, 0.2) is 0 Å². The van der Waals surface area contributed by atoms with Gasteiger partial charge in [0.1, 0.15) is 11.6 Å². The number of oxazole rings is 1. The average molecular weight is 468 g/mol. The van der Waals surface area contributed by atoms with Crippen LogP contribution < -0.4 is 10.2 Å². The Morgan fingerprint density at radius 1 is 1.28 bits per heavy atom. The second kappa shape index (κ2) is 8.70. The van der Waals surface area contributed by atoms with Crippen molar-refractivity contribution in [3.63, 3.8) is 0 Å². The van der Waals surface area contributed by atoms with E-state index >= 15 is 0 Å². The van der Waals surface area contributed by atoms with Crippen molar-refractivity contribution < 1.29 is 22.4 Å². The van der Waals surface area contributed by atoms with Crippen molar-refractivity contribution in [1.82, 2.24) is 20.2 Å². The number of anilines is 1. The van der Waals surface area contributed by atoms with Crippen LogP contribution in [0, 0.1) is 6.92 Å². The fourth-order valence-electron chi connectivity index (χ4n) is 3.70. The molecule has 11 heteroatoms. The van der Waals surface area contributed by atoms with Gasteiger partial charge in [0.05, 0.1) is 34.1 Å². The predicted octanol–water partition coefficient (Wildman–Crippen LogP) is 3.93. The summed E-state index contributed by atoms with van der Waals surface area (Å²) in [5.74, 6) is 1.03. The first-order chi connectivity index (χ1) is 15.1. The van der Waals surface area contributed by atoms with E-state index in [1.165, 1.54) is 6.20 Å². The molecule has 0 unspecified atom stereocenters. The van der Waals surface area contributed by atoms with Gasteiger partial charge < -0.3 is 14.6 Å². The number of carbonyl (C=O) groups excluding carboxylic acids is 1. The van der Waals surface area contributed by atoms with Crippen LogP contribution >= 0.6 is 11.3 Å². The zero-order valence-electron chi connectivity index (χ0n) is 18.0. The highest BCUT2D eigenvalue weighted by Gasteiger charge is 2.36. The quantitative estimate of drug-likeness (QED) is 0.613. The molecule has 0 aliphatic carbocycles. The molecule has 172 valence electrons. The van der Waals surface area contributed by atoms with E-state index in [0.717, 1.165) is 17.4 Å². The second-order valence-electron chi connectivity index (χ2n) is 8.11. The topological polar surface area (TPSA) is 74.5 Å². The number of alkyl halides is 3. The van der Waals surface area contributed by atoms with E-state index in [2.05, 4.69) is 15.3 Å². The van der Waals surface area contributed by atoms with Crippen LogP contribution in [-0.4, -0.2) is 59.5 Å². The molecule has 1 fully saturated rings. The Bertz CT molecular complexity index is 1120. The first kappa shape index (κ1) is 22.5. The number of hydrogen-bond donors (Lipinski definition) is 1. The van der Waals surface area contributed by atoms with E-state index in [1.807, 2.05) is 23.6 Å². The second-order valence-corrected chi connectivity index (χ2v) is 8.99. The van der Waals surface area contributed by atoms with E-state index in [4.69, 9.17) is 4.42 Å². The molecule has 7 nitrogen and oxygen atoms in total. The maximum Gasteiger partial charge on any atom is 0.417 e. The number of thiophene rings is 1. The lowest BCUT2D eigenvalue weighted by atomic mass is 10.1. The summed E-state index contributed by atoms with van der Waals surface area (Å²) in [6.07, 6.45) is -2.98. The number of fused-ring (bicyclic) bond motifs is 1. The fraction of sp³-hybridized carbons (Fsp3) is 0.476. The molecular weight excluding hydrogens is 443 g/mol. The van der Waals surface area contributed by atoms with E-state index in [1.54, 1.807) is 12.3 Å². The molecule has 0 atom stereocenters. The van der Waals surface area contributed by atoms with Gasteiger partial charge in [-0.1, -0.05) is 0 Å². The molecule has 4 heterocycles. The number of carbonyl (C=O) groups is 1. The first-order valence-corrected chi connectivity index (χ1v) is 11.2. The minimum absolute atomic E-state index is 0.0588. The number of hydrogen-bond acceptors (Lipinski definition) is 7. The third kappa shape index (κ3) is 4.73. The van der Waals surface area contributed by atoms with Crippen molar-refractivity contribution in [3.8, 4) is 11.5 Å². The van der Waals surface area contributed by atoms with Crippen LogP contribution in [0.4, 0.5) is 19.0 Å².